The maximum atomic E-state index is 11.8. The van der Waals surface area contributed by atoms with Crippen molar-refractivity contribution in [2.45, 2.75) is 137 Å². The molecule has 4 nitrogen and oxygen atoms in total. The van der Waals surface area contributed by atoms with E-state index in [-0.39, 0.29) is 18.2 Å². The lowest BCUT2D eigenvalue weighted by Crippen LogP contribution is -2.53. The summed E-state index contributed by atoms with van der Waals surface area (Å²) in [5, 5.41) is 10.8. The predicted octanol–water partition coefficient (Wildman–Crippen LogP) is 6.53. The highest BCUT2D eigenvalue weighted by molar-refractivity contribution is 5.66. The molecule has 5 saturated carbocycles. The Bertz CT molecular complexity index is 889. The van der Waals surface area contributed by atoms with Crippen LogP contribution < -0.4 is 0 Å². The van der Waals surface area contributed by atoms with Crippen molar-refractivity contribution in [1.29, 1.82) is 0 Å². The summed E-state index contributed by atoms with van der Waals surface area (Å²) in [4.78, 5) is 11.8. The van der Waals surface area contributed by atoms with Crippen molar-refractivity contribution in [2.75, 3.05) is 0 Å². The van der Waals surface area contributed by atoms with Gasteiger partial charge in [0.05, 0.1) is 17.8 Å². The van der Waals surface area contributed by atoms with Crippen LogP contribution in [0.15, 0.2) is 0 Å². The lowest BCUT2D eigenvalue weighted by atomic mass is 9.45. The van der Waals surface area contributed by atoms with E-state index in [1.807, 2.05) is 0 Å². The number of esters is 1. The molecular formula is C31H50O4. The van der Waals surface area contributed by atoms with Crippen LogP contribution in [-0.4, -0.2) is 35.0 Å². The van der Waals surface area contributed by atoms with Gasteiger partial charge in [-0.15, -0.1) is 0 Å². The fourth-order valence-corrected chi connectivity index (χ4v) is 11.5. The predicted molar refractivity (Wildman–Crippen MR) is 137 cm³/mol. The summed E-state index contributed by atoms with van der Waals surface area (Å²) in [7, 11) is 0. The van der Waals surface area contributed by atoms with Crippen LogP contribution in [0.25, 0.3) is 0 Å². The lowest BCUT2D eigenvalue weighted by molar-refractivity contribution is -0.200. The van der Waals surface area contributed by atoms with E-state index in [1.54, 1.807) is 13.8 Å². The third-order valence-corrected chi connectivity index (χ3v) is 13.5. The maximum absolute atomic E-state index is 11.8. The van der Waals surface area contributed by atoms with Gasteiger partial charge in [-0.3, -0.25) is 4.79 Å². The van der Waals surface area contributed by atoms with Gasteiger partial charge in [-0.25, -0.2) is 0 Å². The third-order valence-electron chi connectivity index (χ3n) is 13.5. The molecule has 1 heterocycles. The average Bonchev–Trinajstić information content (AvgIpc) is 3.34. The molecule has 0 aromatic rings. The van der Waals surface area contributed by atoms with Crippen LogP contribution in [0.3, 0.4) is 0 Å². The summed E-state index contributed by atoms with van der Waals surface area (Å²) in [5.41, 5.74) is 0.997. The van der Waals surface area contributed by atoms with Gasteiger partial charge in [0.2, 0.25) is 0 Å². The van der Waals surface area contributed by atoms with E-state index < -0.39 is 11.7 Å². The zero-order valence-corrected chi connectivity index (χ0v) is 23.4. The summed E-state index contributed by atoms with van der Waals surface area (Å²) in [5.74, 6) is 3.67. The Labute approximate surface area is 213 Å². The zero-order chi connectivity index (χ0) is 25.2. The smallest absolute Gasteiger partial charge is 0.303 e. The molecule has 0 amide bonds. The molecule has 8 unspecified atom stereocenters. The molecule has 1 aliphatic heterocycles. The van der Waals surface area contributed by atoms with E-state index in [2.05, 4.69) is 27.7 Å². The second-order valence-corrected chi connectivity index (χ2v) is 15.4. The highest BCUT2D eigenvalue weighted by Gasteiger charge is 2.80. The normalized spacial score (nSPS) is 52.7. The zero-order valence-electron chi connectivity index (χ0n) is 23.4. The first-order chi connectivity index (χ1) is 16.3. The second kappa shape index (κ2) is 7.49. The van der Waals surface area contributed by atoms with Gasteiger partial charge in [0, 0.05) is 6.92 Å². The number of carbonyl (C=O) groups excluding carboxylic acids is 1. The van der Waals surface area contributed by atoms with E-state index in [4.69, 9.17) is 9.47 Å². The molecule has 198 valence electrons. The number of hydrogen-bond acceptors (Lipinski definition) is 4. The van der Waals surface area contributed by atoms with Crippen molar-refractivity contribution >= 4 is 5.97 Å². The number of hydrogen-bond donors (Lipinski definition) is 1. The van der Waals surface area contributed by atoms with Crippen molar-refractivity contribution in [1.82, 2.24) is 0 Å². The molecule has 5 aliphatic carbocycles. The topological polar surface area (TPSA) is 55.8 Å². The molecule has 6 aliphatic rings. The lowest BCUT2D eigenvalue weighted by Gasteiger charge is -2.59. The molecule has 11 atom stereocenters. The highest BCUT2D eigenvalue weighted by atomic mass is 16.6. The van der Waals surface area contributed by atoms with Crippen LogP contribution in [0, 0.1) is 51.2 Å². The van der Waals surface area contributed by atoms with Gasteiger partial charge < -0.3 is 14.6 Å². The van der Waals surface area contributed by atoms with Gasteiger partial charge in [-0.05, 0) is 129 Å². The van der Waals surface area contributed by atoms with Gasteiger partial charge in [-0.2, -0.15) is 0 Å². The SMILES string of the molecule is CC(=O)O[C@@H](C1CCC2C(CC3C4CCC5C(C)(C)[C@@H](C)CCC56C[C@@]46CCC23C)O1)C(C)(C)O. The quantitative estimate of drug-likeness (QED) is 0.461. The van der Waals surface area contributed by atoms with E-state index in [0.717, 1.165) is 36.5 Å². The standard InChI is InChI=1S/C31H50O4/c1-18-12-13-31-17-30(31)15-14-29(7)21-8-10-23(26(28(5,6)33)34-19(2)32)35-24(21)16-22(29)20(30)9-11-25(31)27(18,3)4/h18,20-26,33H,8-17H2,1-7H3/t18-,20?,21?,22?,23?,24?,25?,26-,29?,30-,31?/m0/s1. The third kappa shape index (κ3) is 3.20. The summed E-state index contributed by atoms with van der Waals surface area (Å²) in [6.45, 7) is 15.2. The molecule has 0 aromatic carbocycles. The van der Waals surface area contributed by atoms with Gasteiger partial charge in [-0.1, -0.05) is 27.7 Å². The first-order valence-corrected chi connectivity index (χ1v) is 14.8. The van der Waals surface area contributed by atoms with Crippen LogP contribution in [0.4, 0.5) is 0 Å². The van der Waals surface area contributed by atoms with Crippen LogP contribution in [0.5, 0.6) is 0 Å². The molecule has 0 radical (unpaired) electrons. The number of ether oxygens (including phenoxy) is 2. The molecule has 4 heteroatoms. The first-order valence-electron chi connectivity index (χ1n) is 14.8. The van der Waals surface area contributed by atoms with Crippen LogP contribution in [-0.2, 0) is 14.3 Å². The first kappa shape index (κ1) is 24.7. The molecule has 35 heavy (non-hydrogen) atoms. The van der Waals surface area contributed by atoms with E-state index in [1.165, 1.54) is 58.3 Å². The highest BCUT2D eigenvalue weighted by Crippen LogP contribution is 2.87. The molecular weight excluding hydrogens is 436 g/mol. The van der Waals surface area contributed by atoms with Crippen LogP contribution in [0.2, 0.25) is 0 Å². The maximum Gasteiger partial charge on any atom is 0.303 e. The summed E-state index contributed by atoms with van der Waals surface area (Å²) in [6.07, 6.45) is 12.7. The Hall–Kier alpha value is -0.610. The Morgan fingerprint density at radius 3 is 2.37 bits per heavy atom. The molecule has 2 spiro atoms. The minimum absolute atomic E-state index is 0.207. The van der Waals surface area contributed by atoms with E-state index in [9.17, 15) is 9.90 Å². The monoisotopic (exact) mass is 486 g/mol. The molecule has 1 saturated heterocycles. The second-order valence-electron chi connectivity index (χ2n) is 15.4. The van der Waals surface area contributed by atoms with E-state index >= 15 is 0 Å². The Morgan fingerprint density at radius 2 is 1.69 bits per heavy atom. The summed E-state index contributed by atoms with van der Waals surface area (Å²) < 4.78 is 12.4. The number of carbonyl (C=O) groups is 1. The van der Waals surface area contributed by atoms with Crippen LogP contribution in [0.1, 0.15) is 113 Å². The summed E-state index contributed by atoms with van der Waals surface area (Å²) >= 11 is 0. The molecule has 6 fully saturated rings. The van der Waals surface area contributed by atoms with Crippen molar-refractivity contribution < 1.29 is 19.4 Å². The van der Waals surface area contributed by atoms with Crippen molar-refractivity contribution in [2.24, 2.45) is 51.2 Å². The van der Waals surface area contributed by atoms with Crippen LogP contribution >= 0.6 is 0 Å². The minimum Gasteiger partial charge on any atom is -0.457 e. The fraction of sp³-hybridized carbons (Fsp3) is 0.968. The molecule has 0 aromatic heterocycles. The summed E-state index contributed by atoms with van der Waals surface area (Å²) in [6, 6.07) is 0. The van der Waals surface area contributed by atoms with Gasteiger partial charge in [0.15, 0.2) is 6.10 Å². The number of aliphatic hydroxyl groups is 1. The molecule has 1 N–H and O–H groups in total. The van der Waals surface area contributed by atoms with Gasteiger partial charge in [0.25, 0.3) is 0 Å². The Morgan fingerprint density at radius 1 is 0.971 bits per heavy atom. The van der Waals surface area contributed by atoms with Crippen molar-refractivity contribution in [3.8, 4) is 0 Å². The van der Waals surface area contributed by atoms with Gasteiger partial charge in [0.1, 0.15) is 0 Å². The number of rotatable bonds is 3. The average molecular weight is 487 g/mol. The van der Waals surface area contributed by atoms with Crippen molar-refractivity contribution in [3.05, 3.63) is 0 Å². The van der Waals surface area contributed by atoms with E-state index in [0.29, 0.717) is 27.6 Å². The largest absolute Gasteiger partial charge is 0.457 e. The van der Waals surface area contributed by atoms with Gasteiger partial charge >= 0.3 is 5.97 Å². The fourth-order valence-electron chi connectivity index (χ4n) is 11.5. The molecule has 0 bridgehead atoms. The molecule has 6 rings (SSSR count). The van der Waals surface area contributed by atoms with Crippen molar-refractivity contribution in [3.63, 3.8) is 0 Å². The Balaban J connectivity index is 1.24. The Kier molecular flexibility index (Phi) is 5.29. The number of fused-ring (bicyclic) bond motifs is 4. The minimum atomic E-state index is -1.10.